The Kier molecular flexibility index (Phi) is 2.56. The smallest absolute Gasteiger partial charge is 0.251 e. The highest BCUT2D eigenvalue weighted by atomic mass is 32.1. The van der Waals surface area contributed by atoms with Gasteiger partial charge in [-0.2, -0.15) is 0 Å². The van der Waals surface area contributed by atoms with Crippen molar-refractivity contribution in [2.45, 2.75) is 27.2 Å². The van der Waals surface area contributed by atoms with Gasteiger partial charge in [-0.3, -0.25) is 5.10 Å². The Morgan fingerprint density at radius 3 is 2.93 bits per heavy atom. The van der Waals surface area contributed by atoms with Crippen LogP contribution in [0.5, 0.6) is 0 Å². The molecule has 0 spiro atoms. The van der Waals surface area contributed by atoms with Crippen LogP contribution in [0.15, 0.2) is 6.33 Å². The third-order valence-corrected chi connectivity index (χ3v) is 2.77. The fourth-order valence-corrected chi connectivity index (χ4v) is 2.00. The van der Waals surface area contributed by atoms with E-state index in [0.29, 0.717) is 11.7 Å². The van der Waals surface area contributed by atoms with Crippen molar-refractivity contribution in [3.63, 3.8) is 0 Å². The normalized spacial score (nSPS) is 11.5. The van der Waals surface area contributed by atoms with Crippen molar-refractivity contribution < 1.29 is 0 Å². The summed E-state index contributed by atoms with van der Waals surface area (Å²) in [6, 6.07) is 0. The number of aryl methyl sites for hydroxylation is 1. The summed E-state index contributed by atoms with van der Waals surface area (Å²) < 4.78 is 2.55. The summed E-state index contributed by atoms with van der Waals surface area (Å²) in [6.45, 7) is 6.34. The molecular weight excluding hydrogens is 208 g/mol. The van der Waals surface area contributed by atoms with Crippen molar-refractivity contribution in [1.82, 2.24) is 19.6 Å². The number of H-pyrrole nitrogens is 1. The molecule has 0 radical (unpaired) electrons. The van der Waals surface area contributed by atoms with E-state index in [4.69, 9.17) is 12.2 Å². The predicted octanol–water partition coefficient (Wildman–Crippen LogP) is 2.29. The Morgan fingerprint density at radius 2 is 2.27 bits per heavy atom. The van der Waals surface area contributed by atoms with Gasteiger partial charge < -0.3 is 0 Å². The zero-order chi connectivity index (χ0) is 11.0. The molecule has 0 bridgehead atoms. The van der Waals surface area contributed by atoms with E-state index in [1.807, 2.05) is 6.92 Å². The molecule has 5 heteroatoms. The van der Waals surface area contributed by atoms with E-state index < -0.39 is 0 Å². The lowest BCUT2D eigenvalue weighted by molar-refractivity contribution is 0.636. The molecule has 0 aromatic carbocycles. The molecule has 0 amide bonds. The molecule has 4 nitrogen and oxygen atoms in total. The Bertz CT molecular complexity index is 538. The quantitative estimate of drug-likeness (QED) is 0.793. The highest BCUT2D eigenvalue weighted by Crippen LogP contribution is 2.14. The maximum atomic E-state index is 5.40. The molecule has 0 saturated heterocycles. The van der Waals surface area contributed by atoms with E-state index >= 15 is 0 Å². The lowest BCUT2D eigenvalue weighted by Gasteiger charge is -2.08. The second-order valence-corrected chi connectivity index (χ2v) is 4.49. The SMILES string of the molecule is Cc1nc2nc[nH]n2c(=S)c1CC(C)C. The molecule has 0 aliphatic rings. The molecule has 0 fully saturated rings. The van der Waals surface area contributed by atoms with E-state index in [1.54, 1.807) is 10.8 Å². The van der Waals surface area contributed by atoms with Gasteiger partial charge in [0.05, 0.1) is 0 Å². The summed E-state index contributed by atoms with van der Waals surface area (Å²) in [4.78, 5) is 8.49. The predicted molar refractivity (Wildman–Crippen MR) is 61.5 cm³/mol. The van der Waals surface area contributed by atoms with Gasteiger partial charge in [-0.25, -0.2) is 14.5 Å². The van der Waals surface area contributed by atoms with Gasteiger partial charge in [-0.05, 0) is 19.3 Å². The van der Waals surface area contributed by atoms with Crippen molar-refractivity contribution >= 4 is 18.0 Å². The summed E-state index contributed by atoms with van der Waals surface area (Å²) in [6.07, 6.45) is 2.57. The molecule has 1 N–H and O–H groups in total. The van der Waals surface area contributed by atoms with Crippen LogP contribution in [-0.4, -0.2) is 19.6 Å². The van der Waals surface area contributed by atoms with Gasteiger partial charge in [-0.1, -0.05) is 26.1 Å². The lowest BCUT2D eigenvalue weighted by Crippen LogP contribution is -2.05. The van der Waals surface area contributed by atoms with Crippen LogP contribution >= 0.6 is 12.2 Å². The number of fused-ring (bicyclic) bond motifs is 1. The van der Waals surface area contributed by atoms with Crippen LogP contribution in [0, 0.1) is 17.5 Å². The first-order valence-electron chi connectivity index (χ1n) is 5.01. The zero-order valence-electron chi connectivity index (χ0n) is 9.11. The molecule has 2 rings (SSSR count). The number of rotatable bonds is 2. The molecule has 0 saturated carbocycles. The number of aromatic nitrogens is 4. The van der Waals surface area contributed by atoms with Gasteiger partial charge >= 0.3 is 0 Å². The Labute approximate surface area is 93.4 Å². The second-order valence-electron chi connectivity index (χ2n) is 4.10. The average Bonchev–Trinajstić information content (AvgIpc) is 2.59. The van der Waals surface area contributed by atoms with Crippen LogP contribution < -0.4 is 0 Å². The Hall–Kier alpha value is -1.23. The van der Waals surface area contributed by atoms with Gasteiger partial charge in [0.1, 0.15) is 11.0 Å². The van der Waals surface area contributed by atoms with Crippen molar-refractivity contribution in [2.24, 2.45) is 5.92 Å². The van der Waals surface area contributed by atoms with Crippen LogP contribution in [0.25, 0.3) is 5.78 Å². The minimum absolute atomic E-state index is 0.577. The topological polar surface area (TPSA) is 46.0 Å². The molecular formula is C10H14N4S. The highest BCUT2D eigenvalue weighted by Gasteiger charge is 2.09. The molecule has 0 aliphatic heterocycles. The molecule has 2 aromatic heterocycles. The minimum atomic E-state index is 0.577. The molecule has 0 unspecified atom stereocenters. The van der Waals surface area contributed by atoms with Gasteiger partial charge in [0.25, 0.3) is 5.78 Å². The second kappa shape index (κ2) is 3.73. The summed E-state index contributed by atoms with van der Waals surface area (Å²) in [5.74, 6) is 1.22. The third kappa shape index (κ3) is 1.79. The first-order valence-corrected chi connectivity index (χ1v) is 5.42. The number of nitrogens with one attached hydrogen (secondary N) is 1. The summed E-state index contributed by atoms with van der Waals surface area (Å²) in [5, 5.41) is 2.97. The van der Waals surface area contributed by atoms with Crippen LogP contribution in [0.1, 0.15) is 25.1 Å². The fourth-order valence-electron chi connectivity index (χ4n) is 1.64. The Morgan fingerprint density at radius 1 is 1.53 bits per heavy atom. The van der Waals surface area contributed by atoms with Gasteiger partial charge in [0.15, 0.2) is 0 Å². The van der Waals surface area contributed by atoms with E-state index in [9.17, 15) is 0 Å². The van der Waals surface area contributed by atoms with Gasteiger partial charge in [0.2, 0.25) is 0 Å². The van der Waals surface area contributed by atoms with Gasteiger partial charge in [0, 0.05) is 11.3 Å². The largest absolute Gasteiger partial charge is 0.280 e. The number of hydrogen-bond acceptors (Lipinski definition) is 3. The van der Waals surface area contributed by atoms with Crippen molar-refractivity contribution in [2.75, 3.05) is 0 Å². The van der Waals surface area contributed by atoms with Crippen LogP contribution in [-0.2, 0) is 6.42 Å². The van der Waals surface area contributed by atoms with E-state index in [-0.39, 0.29) is 0 Å². The number of nitrogens with zero attached hydrogens (tertiary/aromatic N) is 3. The number of aromatic amines is 1. The third-order valence-electron chi connectivity index (χ3n) is 2.34. The van der Waals surface area contributed by atoms with Crippen LogP contribution in [0.3, 0.4) is 0 Å². The molecule has 15 heavy (non-hydrogen) atoms. The van der Waals surface area contributed by atoms with Crippen LogP contribution in [0.4, 0.5) is 0 Å². The summed E-state index contributed by atoms with van der Waals surface area (Å²) in [5.41, 5.74) is 2.13. The first-order chi connectivity index (χ1) is 7.09. The summed E-state index contributed by atoms with van der Waals surface area (Å²) >= 11 is 5.40. The van der Waals surface area contributed by atoms with E-state index in [1.165, 1.54) is 0 Å². The maximum Gasteiger partial charge on any atom is 0.251 e. The van der Waals surface area contributed by atoms with E-state index in [2.05, 4.69) is 28.9 Å². The number of hydrogen-bond donors (Lipinski definition) is 1. The fraction of sp³-hybridized carbons (Fsp3) is 0.500. The van der Waals surface area contributed by atoms with Crippen molar-refractivity contribution in [1.29, 1.82) is 0 Å². The van der Waals surface area contributed by atoms with E-state index in [0.717, 1.165) is 22.3 Å². The monoisotopic (exact) mass is 222 g/mol. The Balaban J connectivity index is 2.67. The van der Waals surface area contributed by atoms with Crippen molar-refractivity contribution in [3.05, 3.63) is 22.2 Å². The molecule has 0 aliphatic carbocycles. The molecule has 0 atom stereocenters. The first kappa shape index (κ1) is 10.3. The molecule has 80 valence electrons. The summed E-state index contributed by atoms with van der Waals surface area (Å²) in [7, 11) is 0. The minimum Gasteiger partial charge on any atom is -0.280 e. The average molecular weight is 222 g/mol. The zero-order valence-corrected chi connectivity index (χ0v) is 9.93. The highest BCUT2D eigenvalue weighted by molar-refractivity contribution is 7.71. The van der Waals surface area contributed by atoms with Crippen molar-refractivity contribution in [3.8, 4) is 0 Å². The molecule has 2 heterocycles. The maximum absolute atomic E-state index is 5.40. The standard InChI is InChI=1S/C10H14N4S/c1-6(2)4-8-7(3)13-10-11-5-12-14(10)9(8)15/h5-6H,4H2,1-3H3,(H,11,12,13). The van der Waals surface area contributed by atoms with Crippen LogP contribution in [0.2, 0.25) is 0 Å². The molecule has 2 aromatic rings. The van der Waals surface area contributed by atoms with Gasteiger partial charge in [-0.15, -0.1) is 0 Å². The lowest BCUT2D eigenvalue weighted by atomic mass is 10.0.